The number of hydrogen-bond acceptors (Lipinski definition) is 4. The smallest absolute Gasteiger partial charge is 0.167 e. The third-order valence-corrected chi connectivity index (χ3v) is 2.77. The maximum absolute atomic E-state index is 9.39. The number of nitrogens with two attached hydrogens (primary N) is 1. The minimum atomic E-state index is -0.592. The lowest BCUT2D eigenvalue weighted by molar-refractivity contribution is -0.157. The summed E-state index contributed by atoms with van der Waals surface area (Å²) in [6, 6.07) is 7.05. The van der Waals surface area contributed by atoms with Crippen LogP contribution in [0.1, 0.15) is 25.0 Å². The van der Waals surface area contributed by atoms with Crippen LogP contribution < -0.4 is 5.73 Å². The van der Waals surface area contributed by atoms with Crippen molar-refractivity contribution in [2.45, 2.75) is 25.2 Å². The van der Waals surface area contributed by atoms with Gasteiger partial charge in [0, 0.05) is 6.42 Å². The standard InChI is InChI=1S/C12H17NO3/c1-12(5-6-13)15-8-11(16-12)9-3-2-4-10(14)7-9/h2-4,7,11,14H,5-6,8,13H2,1H3. The van der Waals surface area contributed by atoms with Crippen LogP contribution in [0.5, 0.6) is 5.75 Å². The van der Waals surface area contributed by atoms with Gasteiger partial charge in [0.15, 0.2) is 5.79 Å². The molecule has 0 amide bonds. The zero-order valence-corrected chi connectivity index (χ0v) is 9.35. The molecule has 1 aromatic carbocycles. The van der Waals surface area contributed by atoms with Crippen molar-refractivity contribution in [3.63, 3.8) is 0 Å². The maximum Gasteiger partial charge on any atom is 0.167 e. The molecule has 2 unspecified atom stereocenters. The summed E-state index contributed by atoms with van der Waals surface area (Å²) in [5.74, 6) is -0.348. The van der Waals surface area contributed by atoms with E-state index in [2.05, 4.69) is 0 Å². The maximum atomic E-state index is 9.39. The molecule has 0 spiro atoms. The zero-order chi connectivity index (χ0) is 11.6. The fourth-order valence-corrected chi connectivity index (χ4v) is 1.90. The SMILES string of the molecule is CC1(CCN)OCC(c2cccc(O)c2)O1. The number of ether oxygens (including phenoxy) is 2. The third-order valence-electron chi connectivity index (χ3n) is 2.77. The van der Waals surface area contributed by atoms with Gasteiger partial charge in [0.05, 0.1) is 6.61 Å². The molecule has 1 fully saturated rings. The van der Waals surface area contributed by atoms with Gasteiger partial charge < -0.3 is 20.3 Å². The molecule has 0 bridgehead atoms. The molecule has 0 aliphatic carbocycles. The van der Waals surface area contributed by atoms with Crippen molar-refractivity contribution in [3.8, 4) is 5.75 Å². The largest absolute Gasteiger partial charge is 0.508 e. The summed E-state index contributed by atoms with van der Waals surface area (Å²) in [7, 11) is 0. The Hall–Kier alpha value is -1.10. The van der Waals surface area contributed by atoms with Crippen LogP contribution in [0, 0.1) is 0 Å². The van der Waals surface area contributed by atoms with Crippen LogP contribution in [0.15, 0.2) is 24.3 Å². The molecule has 16 heavy (non-hydrogen) atoms. The second kappa shape index (κ2) is 4.41. The first-order valence-corrected chi connectivity index (χ1v) is 5.44. The van der Waals surface area contributed by atoms with Crippen molar-refractivity contribution in [2.75, 3.05) is 13.2 Å². The fourth-order valence-electron chi connectivity index (χ4n) is 1.90. The highest BCUT2D eigenvalue weighted by molar-refractivity contribution is 5.29. The van der Waals surface area contributed by atoms with E-state index in [4.69, 9.17) is 15.2 Å². The zero-order valence-electron chi connectivity index (χ0n) is 9.35. The van der Waals surface area contributed by atoms with Crippen LogP contribution in [0.3, 0.4) is 0 Å². The highest BCUT2D eigenvalue weighted by Crippen LogP contribution is 2.35. The van der Waals surface area contributed by atoms with Gasteiger partial charge in [0.1, 0.15) is 11.9 Å². The molecule has 1 saturated heterocycles. The summed E-state index contributed by atoms with van der Waals surface area (Å²) in [6.45, 7) is 2.92. The normalized spacial score (nSPS) is 29.5. The molecular weight excluding hydrogens is 206 g/mol. The molecule has 1 aromatic rings. The second-order valence-corrected chi connectivity index (χ2v) is 4.18. The van der Waals surface area contributed by atoms with Gasteiger partial charge in [-0.1, -0.05) is 12.1 Å². The molecule has 2 atom stereocenters. The first-order valence-electron chi connectivity index (χ1n) is 5.44. The van der Waals surface area contributed by atoms with Gasteiger partial charge in [0.25, 0.3) is 0 Å². The minimum absolute atomic E-state index is 0.122. The van der Waals surface area contributed by atoms with E-state index in [-0.39, 0.29) is 11.9 Å². The lowest BCUT2D eigenvalue weighted by Crippen LogP contribution is -2.28. The molecule has 2 rings (SSSR count). The van der Waals surface area contributed by atoms with E-state index in [1.54, 1.807) is 18.2 Å². The summed E-state index contributed by atoms with van der Waals surface area (Å²) in [4.78, 5) is 0. The van der Waals surface area contributed by atoms with Crippen LogP contribution in [-0.2, 0) is 9.47 Å². The average molecular weight is 223 g/mol. The number of aromatic hydroxyl groups is 1. The van der Waals surface area contributed by atoms with Crippen molar-refractivity contribution < 1.29 is 14.6 Å². The first kappa shape index (κ1) is 11.4. The van der Waals surface area contributed by atoms with Crippen molar-refractivity contribution in [3.05, 3.63) is 29.8 Å². The molecule has 1 heterocycles. The van der Waals surface area contributed by atoms with Crippen molar-refractivity contribution in [1.82, 2.24) is 0 Å². The Balaban J connectivity index is 2.09. The van der Waals surface area contributed by atoms with Crippen molar-refractivity contribution in [1.29, 1.82) is 0 Å². The van der Waals surface area contributed by atoms with Gasteiger partial charge >= 0.3 is 0 Å². The molecular formula is C12H17NO3. The van der Waals surface area contributed by atoms with E-state index in [9.17, 15) is 5.11 Å². The van der Waals surface area contributed by atoms with Gasteiger partial charge in [-0.3, -0.25) is 0 Å². The van der Waals surface area contributed by atoms with E-state index in [0.717, 1.165) is 5.56 Å². The van der Waals surface area contributed by atoms with Gasteiger partial charge in [-0.15, -0.1) is 0 Å². The lowest BCUT2D eigenvalue weighted by Gasteiger charge is -2.22. The third kappa shape index (κ3) is 2.35. The number of phenols is 1. The van der Waals surface area contributed by atoms with E-state index in [0.29, 0.717) is 19.6 Å². The van der Waals surface area contributed by atoms with Gasteiger partial charge in [-0.25, -0.2) is 0 Å². The van der Waals surface area contributed by atoms with Crippen molar-refractivity contribution in [2.24, 2.45) is 5.73 Å². The Morgan fingerprint density at radius 2 is 2.38 bits per heavy atom. The van der Waals surface area contributed by atoms with Gasteiger partial charge in [-0.05, 0) is 31.2 Å². The van der Waals surface area contributed by atoms with E-state index >= 15 is 0 Å². The van der Waals surface area contributed by atoms with Crippen LogP contribution in [0.2, 0.25) is 0 Å². The van der Waals surface area contributed by atoms with Crippen LogP contribution in [0.4, 0.5) is 0 Å². The summed E-state index contributed by atoms with van der Waals surface area (Å²) in [5.41, 5.74) is 6.43. The molecule has 88 valence electrons. The first-order chi connectivity index (χ1) is 7.63. The summed E-state index contributed by atoms with van der Waals surface area (Å²) in [5, 5.41) is 9.39. The number of phenolic OH excluding ortho intramolecular Hbond substituents is 1. The number of benzene rings is 1. The highest BCUT2D eigenvalue weighted by atomic mass is 16.7. The summed E-state index contributed by atoms with van der Waals surface area (Å²) in [6.07, 6.45) is 0.547. The Kier molecular flexibility index (Phi) is 3.14. The monoisotopic (exact) mass is 223 g/mol. The Labute approximate surface area is 95.0 Å². The van der Waals surface area contributed by atoms with Crippen LogP contribution >= 0.6 is 0 Å². The molecule has 4 heteroatoms. The average Bonchev–Trinajstić information content (AvgIpc) is 2.61. The summed E-state index contributed by atoms with van der Waals surface area (Å²) < 4.78 is 11.4. The molecule has 0 saturated carbocycles. The van der Waals surface area contributed by atoms with Crippen molar-refractivity contribution >= 4 is 0 Å². The topological polar surface area (TPSA) is 64.7 Å². The van der Waals surface area contributed by atoms with Crippen LogP contribution in [0.25, 0.3) is 0 Å². The minimum Gasteiger partial charge on any atom is -0.508 e. The predicted octanol–water partition coefficient (Wildman–Crippen LogP) is 1.55. The molecule has 4 nitrogen and oxygen atoms in total. The van der Waals surface area contributed by atoms with E-state index in [1.807, 2.05) is 13.0 Å². The number of rotatable bonds is 3. The quantitative estimate of drug-likeness (QED) is 0.816. The fraction of sp³-hybridized carbons (Fsp3) is 0.500. The molecule has 1 aliphatic heterocycles. The molecule has 0 aromatic heterocycles. The lowest BCUT2D eigenvalue weighted by atomic mass is 10.1. The van der Waals surface area contributed by atoms with E-state index in [1.165, 1.54) is 0 Å². The van der Waals surface area contributed by atoms with Gasteiger partial charge in [-0.2, -0.15) is 0 Å². The molecule has 0 radical (unpaired) electrons. The van der Waals surface area contributed by atoms with E-state index < -0.39 is 5.79 Å². The highest BCUT2D eigenvalue weighted by Gasteiger charge is 2.37. The summed E-state index contributed by atoms with van der Waals surface area (Å²) >= 11 is 0. The Morgan fingerprint density at radius 3 is 3.06 bits per heavy atom. The second-order valence-electron chi connectivity index (χ2n) is 4.18. The molecule has 3 N–H and O–H groups in total. The molecule has 1 aliphatic rings. The number of hydrogen-bond donors (Lipinski definition) is 2. The Bertz CT molecular complexity index is 369. The van der Waals surface area contributed by atoms with Crippen LogP contribution in [-0.4, -0.2) is 24.0 Å². The Morgan fingerprint density at radius 1 is 1.56 bits per heavy atom. The van der Waals surface area contributed by atoms with Gasteiger partial charge in [0.2, 0.25) is 0 Å². The predicted molar refractivity (Wildman–Crippen MR) is 60.0 cm³/mol.